The number of halogens is 1. The van der Waals surface area contributed by atoms with E-state index in [9.17, 15) is 4.79 Å². The number of benzene rings is 1. The first kappa shape index (κ1) is 14.0. The average molecular weight is 302 g/mol. The van der Waals surface area contributed by atoms with Crippen molar-refractivity contribution in [3.05, 3.63) is 28.2 Å². The molecule has 5 heteroatoms. The molecule has 0 bridgehead atoms. The maximum atomic E-state index is 11.1. The minimum atomic E-state index is -0.963. The fourth-order valence-electron chi connectivity index (χ4n) is 1.27. The number of carboxylic acids is 1. The molecule has 0 fully saturated rings. The Bertz CT molecular complexity index is 418. The summed E-state index contributed by atoms with van der Waals surface area (Å²) in [6.07, 6.45) is 0. The summed E-state index contributed by atoms with van der Waals surface area (Å²) in [6, 6.07) is 5.23. The monoisotopic (exact) mass is 301 g/mol. The Morgan fingerprint density at radius 2 is 2.18 bits per heavy atom. The van der Waals surface area contributed by atoms with E-state index in [1.165, 1.54) is 0 Å². The van der Waals surface area contributed by atoms with Gasteiger partial charge >= 0.3 is 5.97 Å². The van der Waals surface area contributed by atoms with Crippen LogP contribution in [0.3, 0.4) is 0 Å². The van der Waals surface area contributed by atoms with Crippen molar-refractivity contribution in [2.75, 3.05) is 19.0 Å². The molecule has 0 aliphatic heterocycles. The highest BCUT2D eigenvalue weighted by atomic mass is 79.9. The summed E-state index contributed by atoms with van der Waals surface area (Å²) in [5, 5.41) is 12.2. The van der Waals surface area contributed by atoms with Crippen LogP contribution in [0.15, 0.2) is 22.7 Å². The second kappa shape index (κ2) is 5.51. The van der Waals surface area contributed by atoms with Crippen molar-refractivity contribution in [2.45, 2.75) is 19.4 Å². The number of anilines is 1. The zero-order valence-corrected chi connectivity index (χ0v) is 11.7. The van der Waals surface area contributed by atoms with Crippen LogP contribution >= 0.6 is 15.9 Å². The Hall–Kier alpha value is -1.07. The normalized spacial score (nSPS) is 11.3. The summed E-state index contributed by atoms with van der Waals surface area (Å²) >= 11 is 3.23. The second-order valence-corrected chi connectivity index (χ2v) is 5.14. The molecule has 4 nitrogen and oxygen atoms in total. The molecule has 94 valence electrons. The number of nitrogens with one attached hydrogen (secondary N) is 1. The number of hydrogen-bond acceptors (Lipinski definition) is 3. The molecule has 0 aliphatic carbocycles. The molecule has 1 aromatic carbocycles. The van der Waals surface area contributed by atoms with Crippen LogP contribution < -0.4 is 5.32 Å². The van der Waals surface area contributed by atoms with Crippen LogP contribution in [0.2, 0.25) is 0 Å². The fourth-order valence-corrected chi connectivity index (χ4v) is 1.80. The van der Waals surface area contributed by atoms with Gasteiger partial charge in [0.1, 0.15) is 0 Å². The van der Waals surface area contributed by atoms with E-state index in [1.807, 2.05) is 13.8 Å². The van der Waals surface area contributed by atoms with Crippen LogP contribution in [-0.2, 0) is 4.74 Å². The molecule has 0 saturated heterocycles. The summed E-state index contributed by atoms with van der Waals surface area (Å²) in [7, 11) is 1.63. The standard InChI is InChI=1S/C12H16BrNO3/c1-12(2,17-3)7-14-9-6-4-5-8(13)10(9)11(15)16/h4-6,14H,7H2,1-3H3,(H,15,16). The maximum absolute atomic E-state index is 11.1. The van der Waals surface area contributed by atoms with E-state index < -0.39 is 5.97 Å². The molecule has 0 saturated carbocycles. The van der Waals surface area contributed by atoms with E-state index in [0.717, 1.165) is 0 Å². The summed E-state index contributed by atoms with van der Waals surface area (Å²) < 4.78 is 5.83. The molecule has 17 heavy (non-hydrogen) atoms. The van der Waals surface area contributed by atoms with Gasteiger partial charge in [0.05, 0.1) is 11.2 Å². The number of rotatable bonds is 5. The minimum Gasteiger partial charge on any atom is -0.478 e. The first-order valence-corrected chi connectivity index (χ1v) is 5.97. The van der Waals surface area contributed by atoms with Crippen molar-refractivity contribution in [3.8, 4) is 0 Å². The Kier molecular flexibility index (Phi) is 4.54. The lowest BCUT2D eigenvalue weighted by Gasteiger charge is -2.24. The van der Waals surface area contributed by atoms with Gasteiger partial charge in [-0.2, -0.15) is 0 Å². The van der Waals surface area contributed by atoms with Gasteiger partial charge in [-0.1, -0.05) is 6.07 Å². The maximum Gasteiger partial charge on any atom is 0.338 e. The molecule has 1 rings (SSSR count). The summed E-state index contributed by atoms with van der Waals surface area (Å²) in [6.45, 7) is 4.39. The van der Waals surface area contributed by atoms with Gasteiger partial charge < -0.3 is 15.2 Å². The first-order valence-electron chi connectivity index (χ1n) is 5.18. The van der Waals surface area contributed by atoms with Crippen molar-refractivity contribution < 1.29 is 14.6 Å². The van der Waals surface area contributed by atoms with Crippen molar-refractivity contribution in [3.63, 3.8) is 0 Å². The molecule has 0 spiro atoms. The Morgan fingerprint density at radius 1 is 1.53 bits per heavy atom. The lowest BCUT2D eigenvalue weighted by Crippen LogP contribution is -2.32. The summed E-state index contributed by atoms with van der Waals surface area (Å²) in [4.78, 5) is 11.1. The third kappa shape index (κ3) is 3.71. The summed E-state index contributed by atoms with van der Waals surface area (Å²) in [5.41, 5.74) is 0.467. The molecule has 2 N–H and O–H groups in total. The number of carboxylic acid groups (broad SMARTS) is 1. The first-order chi connectivity index (χ1) is 7.87. The Morgan fingerprint density at radius 3 is 2.71 bits per heavy atom. The number of aromatic carboxylic acids is 1. The fraction of sp³-hybridized carbons (Fsp3) is 0.417. The third-order valence-corrected chi connectivity index (χ3v) is 3.15. The minimum absolute atomic E-state index is 0.236. The number of ether oxygens (including phenoxy) is 1. The molecule has 0 unspecified atom stereocenters. The van der Waals surface area contributed by atoms with Crippen molar-refractivity contribution >= 4 is 27.6 Å². The van der Waals surface area contributed by atoms with E-state index in [1.54, 1.807) is 25.3 Å². The van der Waals surface area contributed by atoms with Crippen LogP contribution in [0.1, 0.15) is 24.2 Å². The predicted octanol–water partition coefficient (Wildman–Crippen LogP) is 2.98. The zero-order chi connectivity index (χ0) is 13.1. The largest absolute Gasteiger partial charge is 0.478 e. The van der Waals surface area contributed by atoms with Gasteiger partial charge in [-0.25, -0.2) is 4.79 Å². The molecule has 0 radical (unpaired) electrons. The van der Waals surface area contributed by atoms with Crippen molar-refractivity contribution in [1.29, 1.82) is 0 Å². The SMILES string of the molecule is COC(C)(C)CNc1cccc(Br)c1C(=O)O. The molecule has 0 amide bonds. The van der Waals surface area contributed by atoms with Crippen LogP contribution in [-0.4, -0.2) is 30.3 Å². The van der Waals surface area contributed by atoms with Crippen molar-refractivity contribution in [1.82, 2.24) is 0 Å². The zero-order valence-electron chi connectivity index (χ0n) is 10.1. The lowest BCUT2D eigenvalue weighted by molar-refractivity contribution is 0.0343. The predicted molar refractivity (Wildman–Crippen MR) is 70.7 cm³/mol. The van der Waals surface area contributed by atoms with Gasteiger partial charge in [0, 0.05) is 23.8 Å². The van der Waals surface area contributed by atoms with Gasteiger partial charge in [0.25, 0.3) is 0 Å². The summed E-state index contributed by atoms with van der Waals surface area (Å²) in [5.74, 6) is -0.963. The third-order valence-electron chi connectivity index (χ3n) is 2.48. The molecule has 1 aromatic rings. The topological polar surface area (TPSA) is 58.6 Å². The van der Waals surface area contributed by atoms with E-state index in [-0.39, 0.29) is 11.2 Å². The highest BCUT2D eigenvalue weighted by Gasteiger charge is 2.19. The van der Waals surface area contributed by atoms with E-state index in [2.05, 4.69) is 21.2 Å². The van der Waals surface area contributed by atoms with Gasteiger partial charge in [-0.05, 0) is 41.9 Å². The number of hydrogen-bond donors (Lipinski definition) is 2. The Labute approximate surface area is 109 Å². The number of carbonyl (C=O) groups is 1. The van der Waals surface area contributed by atoms with Crippen molar-refractivity contribution in [2.24, 2.45) is 0 Å². The second-order valence-electron chi connectivity index (χ2n) is 4.28. The molecule has 0 aromatic heterocycles. The Balaban J connectivity index is 2.92. The molecule has 0 aliphatic rings. The van der Waals surface area contributed by atoms with E-state index in [0.29, 0.717) is 16.7 Å². The smallest absolute Gasteiger partial charge is 0.338 e. The molecular formula is C12H16BrNO3. The van der Waals surface area contributed by atoms with Crippen LogP contribution in [0.4, 0.5) is 5.69 Å². The van der Waals surface area contributed by atoms with Gasteiger partial charge in [0.2, 0.25) is 0 Å². The molecule has 0 heterocycles. The van der Waals surface area contributed by atoms with E-state index in [4.69, 9.17) is 9.84 Å². The van der Waals surface area contributed by atoms with Gasteiger partial charge in [-0.15, -0.1) is 0 Å². The average Bonchev–Trinajstić information content (AvgIpc) is 2.26. The number of methoxy groups -OCH3 is 1. The van der Waals surface area contributed by atoms with Gasteiger partial charge in [0.15, 0.2) is 0 Å². The van der Waals surface area contributed by atoms with Crippen LogP contribution in [0.25, 0.3) is 0 Å². The highest BCUT2D eigenvalue weighted by molar-refractivity contribution is 9.10. The molecule has 0 atom stereocenters. The lowest BCUT2D eigenvalue weighted by atomic mass is 10.1. The molecular weight excluding hydrogens is 286 g/mol. The highest BCUT2D eigenvalue weighted by Crippen LogP contribution is 2.25. The van der Waals surface area contributed by atoms with E-state index >= 15 is 0 Å². The van der Waals surface area contributed by atoms with Crippen LogP contribution in [0.5, 0.6) is 0 Å². The quantitative estimate of drug-likeness (QED) is 0.878. The van der Waals surface area contributed by atoms with Crippen LogP contribution in [0, 0.1) is 0 Å². The van der Waals surface area contributed by atoms with Gasteiger partial charge in [-0.3, -0.25) is 0 Å².